The Labute approximate surface area is 531 Å². The molecule has 451 valence electrons. The molecule has 9 aromatic rings. The molecule has 25 heteroatoms. The van der Waals surface area contributed by atoms with Gasteiger partial charge in [0.2, 0.25) is 0 Å². The molecule has 9 rings (SSSR count). The van der Waals surface area contributed by atoms with Gasteiger partial charge in [-0.2, -0.15) is 0 Å². The van der Waals surface area contributed by atoms with E-state index >= 15 is 0 Å². The summed E-state index contributed by atoms with van der Waals surface area (Å²) in [5.41, 5.74) is 14.1. The van der Waals surface area contributed by atoms with Crippen LogP contribution in [0.5, 0.6) is 0 Å². The van der Waals surface area contributed by atoms with Crippen molar-refractivity contribution in [1.29, 1.82) is 0 Å². The quantitative estimate of drug-likeness (QED) is 0.0667. The summed E-state index contributed by atoms with van der Waals surface area (Å²) in [6.07, 6.45) is 15.6. The second kappa shape index (κ2) is 35.8. The first-order valence-electron chi connectivity index (χ1n) is 25.3. The minimum atomic E-state index is -3.24. The van der Waals surface area contributed by atoms with Gasteiger partial charge in [-0.05, 0) is 153 Å². The van der Waals surface area contributed by atoms with Crippen molar-refractivity contribution in [3.63, 3.8) is 0 Å². The van der Waals surface area contributed by atoms with Gasteiger partial charge in [-0.1, -0.05) is 119 Å². The second-order valence-electron chi connectivity index (χ2n) is 18.7. The molecule has 2 heterocycles. The van der Waals surface area contributed by atoms with Gasteiger partial charge in [-0.3, -0.25) is 0 Å². The van der Waals surface area contributed by atoms with Gasteiger partial charge in [0.25, 0.3) is 0 Å². The fraction of sp³-hybridized carbons (Fsp3) is 0.200. The third kappa shape index (κ3) is 27.7. The van der Waals surface area contributed by atoms with Crippen LogP contribution in [-0.2, 0) is 85.7 Å². The van der Waals surface area contributed by atoms with E-state index in [2.05, 4.69) is 107 Å². The van der Waals surface area contributed by atoms with Gasteiger partial charge in [0.1, 0.15) is 11.6 Å². The van der Waals surface area contributed by atoms with E-state index in [-0.39, 0.29) is 18.7 Å². The van der Waals surface area contributed by atoms with Gasteiger partial charge in [-0.15, -0.1) is 0 Å². The molecule has 2 aromatic heterocycles. The van der Waals surface area contributed by atoms with E-state index in [1.165, 1.54) is 53.5 Å². The predicted octanol–water partition coefficient (Wildman–Crippen LogP) is 13.0. The molecular weight excluding hydrogens is 1380 g/mol. The Morgan fingerprint density at radius 2 is 0.835 bits per heavy atom. The molecule has 0 aliphatic heterocycles. The Kier molecular flexibility index (Phi) is 30.9. The maximum atomic E-state index is 12.6. The molecule has 1 radical (unpaired) electrons. The van der Waals surface area contributed by atoms with Gasteiger partial charge in [0, 0.05) is 68.1 Å². The summed E-state index contributed by atoms with van der Waals surface area (Å²) < 4.78 is 123. The fourth-order valence-electron chi connectivity index (χ4n) is 7.18. The van der Waals surface area contributed by atoms with Crippen LogP contribution in [-0.4, -0.2) is 85.4 Å². The monoisotopic (exact) mass is 1440 g/mol. The molecule has 14 nitrogen and oxygen atoms in total. The van der Waals surface area contributed by atoms with E-state index in [1.54, 1.807) is 36.9 Å². The number of nitrogens with two attached hydrogens (primary N) is 1. The van der Waals surface area contributed by atoms with Crippen LogP contribution in [0.25, 0.3) is 11.3 Å². The minimum absolute atomic E-state index is 0.107. The number of aryl methyl sites for hydroxylation is 7. The van der Waals surface area contributed by atoms with Crippen LogP contribution < -0.4 is 5.73 Å². The van der Waals surface area contributed by atoms with E-state index in [9.17, 15) is 42.5 Å². The van der Waals surface area contributed by atoms with E-state index in [4.69, 9.17) is 5.73 Å². The number of imidazole rings is 2. The van der Waals surface area contributed by atoms with Crippen LogP contribution in [0.15, 0.2) is 226 Å². The first-order valence-corrected chi connectivity index (χ1v) is 35.6. The van der Waals surface area contributed by atoms with E-state index in [0.717, 1.165) is 82.9 Å². The van der Waals surface area contributed by atoms with E-state index in [1.807, 2.05) is 121 Å². The standard InChI is InChI=1S/C19H20N2O2S.C15H15BrO2S.2C7H6BrFO2S.C7H9N.C5H8N2.BHNS/c1-21-13-19(20-14-21)18-12-17(24(2,22)23)11-10-16(18)9-8-15-6-4-3-5-7-15;1-19(17,18)14-10-9-13(15(16)11-14)8-7-12-5-3-2-4-6-12;2*1-12(10,11)5-2-3-7(9)6(8)4-5;8-6-7-4-2-1-3-5-7;1-5-3-7(2)4-6-5;1-2-3/h3-7,10-14H,8-9H2,1-2H3;2-6,9-11H,7-8H2,1H3;2*2-4H,1H3;1-5H,6,8H2;3-4H,1-2H3;3H. The number of hydrogen-bond donors (Lipinski definition) is 2. The SMILES string of the molecule is CS(=O)(=O)c1ccc(CCc2ccccc2)c(Br)c1.CS(=O)(=O)c1ccc(F)c(Br)c1.CS(=O)(=O)c1ccc(F)c(Br)c1.Cc1cn(C)cn1.Cn1cnc(-c2cc(S(C)(=O)=O)ccc2CCc2ccccc2)c1.NCc1ccccc1.[B]=NS. The second-order valence-corrected chi connectivity index (χ2v) is 29.6. The predicted molar refractivity (Wildman–Crippen MR) is 351 cm³/mol. The Bertz CT molecular complexity index is 3950. The van der Waals surface area contributed by atoms with Crippen LogP contribution in [0.1, 0.15) is 33.5 Å². The maximum absolute atomic E-state index is 12.6. The van der Waals surface area contributed by atoms with Crippen molar-refractivity contribution >= 4 is 108 Å². The van der Waals surface area contributed by atoms with E-state index in [0.29, 0.717) is 16.3 Å². The molecule has 2 N–H and O–H groups in total. The summed E-state index contributed by atoms with van der Waals surface area (Å²) in [4.78, 5) is 9.26. The molecule has 0 bridgehead atoms. The van der Waals surface area contributed by atoms with Crippen molar-refractivity contribution in [3.8, 4) is 11.3 Å². The number of rotatable bonds is 12. The van der Waals surface area contributed by atoms with Crippen LogP contribution >= 0.6 is 60.6 Å². The van der Waals surface area contributed by atoms with Crippen molar-refractivity contribution in [2.24, 2.45) is 24.1 Å². The topological polar surface area (TPSA) is 211 Å². The molecule has 0 atom stereocenters. The number of sulfone groups is 4. The van der Waals surface area contributed by atoms with Gasteiger partial charge in [0.15, 0.2) is 39.3 Å². The zero-order valence-corrected chi connectivity index (χ0v) is 56.5. The molecule has 0 amide bonds. The van der Waals surface area contributed by atoms with Crippen LogP contribution in [0, 0.1) is 18.6 Å². The third-order valence-electron chi connectivity index (χ3n) is 11.5. The molecule has 0 unspecified atom stereocenters. The van der Waals surface area contributed by atoms with Crippen LogP contribution in [0.4, 0.5) is 8.78 Å². The van der Waals surface area contributed by atoms with Gasteiger partial charge in [0.05, 0.1) is 52.6 Å². The van der Waals surface area contributed by atoms with Crippen molar-refractivity contribution in [2.45, 2.75) is 58.7 Å². The molecule has 0 spiro atoms. The van der Waals surface area contributed by atoms with E-state index < -0.39 is 51.0 Å². The zero-order chi connectivity index (χ0) is 63.5. The van der Waals surface area contributed by atoms with Crippen molar-refractivity contribution in [2.75, 3.05) is 25.0 Å². The van der Waals surface area contributed by atoms with Gasteiger partial charge < -0.3 is 14.9 Å². The molecule has 0 aliphatic rings. The van der Waals surface area contributed by atoms with Crippen LogP contribution in [0.2, 0.25) is 0 Å². The zero-order valence-electron chi connectivity index (χ0n) is 47.6. The molecule has 0 saturated heterocycles. The molecule has 0 saturated carbocycles. The summed E-state index contributed by atoms with van der Waals surface area (Å²) in [6.45, 7) is 2.61. The Morgan fingerprint density at radius 1 is 0.494 bits per heavy atom. The number of nitrogens with zero attached hydrogens (tertiary/aromatic N) is 5. The van der Waals surface area contributed by atoms with Crippen molar-refractivity contribution < 1.29 is 42.5 Å². The molecule has 0 aliphatic carbocycles. The summed E-state index contributed by atoms with van der Waals surface area (Å²) in [5, 5.41) is 0. The van der Waals surface area contributed by atoms with Crippen LogP contribution in [0.3, 0.4) is 0 Å². The molecule has 85 heavy (non-hydrogen) atoms. The molecule has 0 fully saturated rings. The molecule has 7 aromatic carbocycles. The number of thiol groups is 1. The Balaban J connectivity index is 0.000000278. The number of aromatic nitrogens is 4. The average molecular weight is 1450 g/mol. The third-order valence-corrected chi connectivity index (χ3v) is 17.9. The first kappa shape index (κ1) is 73.5. The van der Waals surface area contributed by atoms with Gasteiger partial charge in [-0.25, -0.2) is 52.4 Å². The summed E-state index contributed by atoms with van der Waals surface area (Å²) in [6, 6.07) is 48.2. The Morgan fingerprint density at radius 3 is 1.14 bits per heavy atom. The fourth-order valence-corrected chi connectivity index (χ4v) is 11.6. The summed E-state index contributed by atoms with van der Waals surface area (Å²) in [5.74, 6) is -0.940. The number of benzene rings is 7. The van der Waals surface area contributed by atoms with Crippen molar-refractivity contribution in [1.82, 2.24) is 19.1 Å². The summed E-state index contributed by atoms with van der Waals surface area (Å²) in [7, 11) is -4.66. The number of hydrogen-bond acceptors (Lipinski definition) is 13. The van der Waals surface area contributed by atoms with Gasteiger partial charge >= 0.3 is 24.8 Å². The normalized spacial score (nSPS) is 10.9. The Hall–Kier alpha value is -5.77. The number of halogens is 5. The summed E-state index contributed by atoms with van der Waals surface area (Å²) >= 11 is 12.4. The first-order chi connectivity index (χ1) is 39.9. The van der Waals surface area contributed by atoms with Crippen molar-refractivity contribution in [3.05, 3.63) is 247 Å². The average Bonchev–Trinajstić information content (AvgIpc) is 4.13. The molecular formula is C60H65BBr3F2N6O8S5.